The molecule has 38 heavy (non-hydrogen) atoms. The minimum absolute atomic E-state index is 0.0558. The van der Waals surface area contributed by atoms with Crippen molar-refractivity contribution in [3.8, 4) is 0 Å². The lowest BCUT2D eigenvalue weighted by molar-refractivity contribution is -0.155. The first-order chi connectivity index (χ1) is 18.0. The maximum Gasteiger partial charge on any atom is 0.311 e. The molecule has 0 aromatic heterocycles. The number of ether oxygens (including phenoxy) is 1. The number of hydrogen-bond acceptors (Lipinski definition) is 6. The second-order valence-electron chi connectivity index (χ2n) is 11.0. The number of carbonyl (C=O) groups excluding carboxylic acids is 3. The van der Waals surface area contributed by atoms with Gasteiger partial charge in [0.25, 0.3) is 5.91 Å². The van der Waals surface area contributed by atoms with Gasteiger partial charge in [0.15, 0.2) is 0 Å². The summed E-state index contributed by atoms with van der Waals surface area (Å²) in [4.78, 5) is 45.6. The van der Waals surface area contributed by atoms with Gasteiger partial charge in [0.05, 0.1) is 39.9 Å². The number of amides is 2. The molecule has 9 heteroatoms. The first kappa shape index (κ1) is 28.7. The number of aliphatic hydroxyl groups is 1. The second kappa shape index (κ2) is 10.7. The van der Waals surface area contributed by atoms with E-state index in [9.17, 15) is 19.5 Å². The number of rotatable bonds is 10. The van der Waals surface area contributed by atoms with Gasteiger partial charge in [0.1, 0.15) is 12.6 Å². The van der Waals surface area contributed by atoms with E-state index in [1.54, 1.807) is 33.7 Å². The summed E-state index contributed by atoms with van der Waals surface area (Å²) in [5.74, 6) is -2.55. The van der Waals surface area contributed by atoms with Crippen molar-refractivity contribution >= 4 is 46.8 Å². The molecule has 1 N–H and O–H groups in total. The molecular weight excluding hydrogens is 524 g/mol. The van der Waals surface area contributed by atoms with Gasteiger partial charge in [0.2, 0.25) is 5.91 Å². The number of fused-ring (bicyclic) bond motifs is 1. The van der Waals surface area contributed by atoms with E-state index in [-0.39, 0.29) is 37.5 Å². The zero-order valence-corrected chi connectivity index (χ0v) is 24.1. The maximum absolute atomic E-state index is 14.7. The lowest BCUT2D eigenvalue weighted by Gasteiger charge is -2.41. The van der Waals surface area contributed by atoms with Crippen molar-refractivity contribution in [1.82, 2.24) is 4.90 Å². The van der Waals surface area contributed by atoms with E-state index in [4.69, 9.17) is 16.3 Å². The molecule has 6 atom stereocenters. The highest BCUT2D eigenvalue weighted by Crippen LogP contribution is 2.72. The molecule has 2 bridgehead atoms. The van der Waals surface area contributed by atoms with Gasteiger partial charge >= 0.3 is 5.97 Å². The SMILES string of the molecule is C=CCOC(=O)[C@@H]1[C@H]2C(=O)N([C@@H](CO)C(C)C)C(C(=O)N(CC=C)c3c(C)cccc3Cl)C23CC[C@@]1(C)S3. The number of para-hydroxylation sites is 1. The molecule has 4 rings (SSSR count). The molecule has 3 aliphatic heterocycles. The van der Waals surface area contributed by atoms with Crippen LogP contribution in [0.2, 0.25) is 5.02 Å². The minimum Gasteiger partial charge on any atom is -0.461 e. The van der Waals surface area contributed by atoms with E-state index in [2.05, 4.69) is 13.2 Å². The van der Waals surface area contributed by atoms with E-state index in [0.29, 0.717) is 23.6 Å². The van der Waals surface area contributed by atoms with Crippen LogP contribution in [0.25, 0.3) is 0 Å². The number of benzene rings is 1. The molecule has 1 spiro atoms. The topological polar surface area (TPSA) is 87.1 Å². The van der Waals surface area contributed by atoms with E-state index in [1.165, 1.54) is 6.08 Å². The fraction of sp³-hybridized carbons (Fsp3) is 0.552. The highest BCUT2D eigenvalue weighted by atomic mass is 35.5. The van der Waals surface area contributed by atoms with Crippen molar-refractivity contribution in [1.29, 1.82) is 0 Å². The van der Waals surface area contributed by atoms with Crippen LogP contribution in [-0.2, 0) is 19.1 Å². The van der Waals surface area contributed by atoms with E-state index >= 15 is 0 Å². The van der Waals surface area contributed by atoms with Crippen LogP contribution in [-0.4, -0.2) is 69.1 Å². The molecule has 3 aliphatic rings. The van der Waals surface area contributed by atoms with Gasteiger partial charge < -0.3 is 19.6 Å². The van der Waals surface area contributed by atoms with Gasteiger partial charge in [0, 0.05) is 11.3 Å². The number of thioether (sulfide) groups is 1. The summed E-state index contributed by atoms with van der Waals surface area (Å²) >= 11 is 8.18. The van der Waals surface area contributed by atoms with Crippen molar-refractivity contribution in [3.63, 3.8) is 0 Å². The van der Waals surface area contributed by atoms with Crippen molar-refractivity contribution < 1.29 is 24.2 Å². The molecular formula is C29H37ClN2O5S. The Hall–Kier alpha value is -2.29. The Kier molecular flexibility index (Phi) is 8.09. The van der Waals surface area contributed by atoms with Gasteiger partial charge in [-0.25, -0.2) is 0 Å². The van der Waals surface area contributed by atoms with Crippen LogP contribution in [0.4, 0.5) is 5.69 Å². The summed E-state index contributed by atoms with van der Waals surface area (Å²) in [5.41, 5.74) is 1.39. The smallest absolute Gasteiger partial charge is 0.311 e. The quantitative estimate of drug-likeness (QED) is 0.337. The molecule has 2 amide bonds. The Labute approximate surface area is 234 Å². The van der Waals surface area contributed by atoms with E-state index in [0.717, 1.165) is 5.56 Å². The molecule has 0 aliphatic carbocycles. The van der Waals surface area contributed by atoms with Gasteiger partial charge in [-0.3, -0.25) is 14.4 Å². The monoisotopic (exact) mass is 560 g/mol. The van der Waals surface area contributed by atoms with Crippen LogP contribution in [0.15, 0.2) is 43.5 Å². The predicted molar refractivity (Wildman–Crippen MR) is 151 cm³/mol. The van der Waals surface area contributed by atoms with Crippen LogP contribution in [0.5, 0.6) is 0 Å². The third kappa shape index (κ3) is 4.29. The van der Waals surface area contributed by atoms with Crippen molar-refractivity contribution in [3.05, 3.63) is 54.1 Å². The van der Waals surface area contributed by atoms with Gasteiger partial charge in [-0.1, -0.05) is 56.3 Å². The molecule has 3 heterocycles. The first-order valence-electron chi connectivity index (χ1n) is 13.1. The zero-order chi connectivity index (χ0) is 28.0. The van der Waals surface area contributed by atoms with Crippen molar-refractivity contribution in [2.75, 3.05) is 24.7 Å². The van der Waals surface area contributed by atoms with Gasteiger partial charge in [-0.15, -0.1) is 18.3 Å². The summed E-state index contributed by atoms with van der Waals surface area (Å²) in [6.45, 7) is 15.2. The second-order valence-corrected chi connectivity index (χ2v) is 13.3. The van der Waals surface area contributed by atoms with Crippen LogP contribution in [0.3, 0.4) is 0 Å². The largest absolute Gasteiger partial charge is 0.461 e. The summed E-state index contributed by atoms with van der Waals surface area (Å²) in [7, 11) is 0. The summed E-state index contributed by atoms with van der Waals surface area (Å²) in [6, 6.07) is 3.97. The average molecular weight is 561 g/mol. The first-order valence-corrected chi connectivity index (χ1v) is 14.3. The number of likely N-dealkylation sites (tertiary alicyclic amines) is 1. The summed E-state index contributed by atoms with van der Waals surface area (Å²) in [5, 5.41) is 10.9. The summed E-state index contributed by atoms with van der Waals surface area (Å²) in [6.07, 6.45) is 4.41. The maximum atomic E-state index is 14.7. The van der Waals surface area contributed by atoms with Crippen LogP contribution >= 0.6 is 23.4 Å². The van der Waals surface area contributed by atoms with E-state index in [1.807, 2.05) is 39.8 Å². The third-order valence-corrected chi connectivity index (χ3v) is 10.7. The molecule has 1 aromatic rings. The molecule has 1 aromatic carbocycles. The summed E-state index contributed by atoms with van der Waals surface area (Å²) < 4.78 is 4.10. The molecule has 0 radical (unpaired) electrons. The number of aliphatic hydroxyl groups excluding tert-OH is 1. The Bertz CT molecular complexity index is 1140. The fourth-order valence-electron chi connectivity index (χ4n) is 6.74. The van der Waals surface area contributed by atoms with Crippen molar-refractivity contribution in [2.24, 2.45) is 17.8 Å². The molecule has 0 saturated carbocycles. The van der Waals surface area contributed by atoms with Crippen LogP contribution < -0.4 is 4.90 Å². The standard InChI is InChI=1S/C29H37ClN2O5S/c1-7-14-31(23-18(5)10-9-11-19(23)30)26(35)24-29-13-12-28(6,38-29)22(27(36)37-15-8-2)21(29)25(34)32(24)20(16-33)17(3)4/h7-11,17,20-22,24,33H,1-2,12-16H2,3-6H3/t20-,21-,22-,24?,28+,29?/m0/s1. The third-order valence-electron chi connectivity index (χ3n) is 8.40. The highest BCUT2D eigenvalue weighted by Gasteiger charge is 2.78. The zero-order valence-electron chi connectivity index (χ0n) is 22.5. The number of aryl methyl sites for hydroxylation is 1. The van der Waals surface area contributed by atoms with Gasteiger partial charge in [-0.2, -0.15) is 0 Å². The number of nitrogens with zero attached hydrogens (tertiary/aromatic N) is 2. The van der Waals surface area contributed by atoms with E-state index < -0.39 is 39.4 Å². The number of hydrogen-bond donors (Lipinski definition) is 1. The van der Waals surface area contributed by atoms with Crippen LogP contribution in [0, 0.1) is 24.7 Å². The average Bonchev–Trinajstić information content (AvgIpc) is 3.43. The number of anilines is 1. The molecule has 7 nitrogen and oxygen atoms in total. The molecule has 2 unspecified atom stereocenters. The Morgan fingerprint density at radius 3 is 2.61 bits per heavy atom. The molecule has 3 saturated heterocycles. The number of carbonyl (C=O) groups is 3. The fourth-order valence-corrected chi connectivity index (χ4v) is 9.39. The van der Waals surface area contributed by atoms with Crippen LogP contribution in [0.1, 0.15) is 39.2 Å². The van der Waals surface area contributed by atoms with Gasteiger partial charge in [-0.05, 0) is 44.2 Å². The normalized spacial score (nSPS) is 30.3. The Morgan fingerprint density at radius 1 is 1.32 bits per heavy atom. The Morgan fingerprint density at radius 2 is 2.03 bits per heavy atom. The minimum atomic E-state index is -0.890. The molecule has 3 fully saturated rings. The lowest BCUT2D eigenvalue weighted by Crippen LogP contribution is -2.58. The lowest BCUT2D eigenvalue weighted by atomic mass is 9.66. The predicted octanol–water partition coefficient (Wildman–Crippen LogP) is 4.39. The number of esters is 1. The Balaban J connectivity index is 1.88. The van der Waals surface area contributed by atoms with Crippen molar-refractivity contribution in [2.45, 2.75) is 62.1 Å². The number of halogens is 1. The highest BCUT2D eigenvalue weighted by molar-refractivity contribution is 8.02. The molecule has 206 valence electrons.